The molecule has 1 unspecified atom stereocenters. The third-order valence-corrected chi connectivity index (χ3v) is 3.30. The van der Waals surface area contributed by atoms with Gasteiger partial charge in [0.25, 0.3) is 0 Å². The third kappa shape index (κ3) is 4.08. The van der Waals surface area contributed by atoms with Crippen LogP contribution in [0.5, 0.6) is 5.75 Å². The number of hydrogen-bond donors (Lipinski definition) is 2. The standard InChI is InChI=1S/C14H17FN2O4/c15-11-3-1-2-4-12(11)21-8-6-16-14(20)17-7-5-10(9-17)13(18)19/h1-4,10H,5-9H2,(H,16,20)(H,18,19). The van der Waals surface area contributed by atoms with E-state index in [9.17, 15) is 14.0 Å². The van der Waals surface area contributed by atoms with Crippen molar-refractivity contribution in [2.45, 2.75) is 6.42 Å². The SMILES string of the molecule is O=C(O)C1CCN(C(=O)NCCOc2ccccc2F)C1. The van der Waals surface area contributed by atoms with Gasteiger partial charge in [-0.25, -0.2) is 9.18 Å². The molecule has 0 radical (unpaired) electrons. The highest BCUT2D eigenvalue weighted by molar-refractivity contribution is 5.77. The maximum atomic E-state index is 13.3. The van der Waals surface area contributed by atoms with E-state index in [1.165, 1.54) is 17.0 Å². The Labute approximate surface area is 121 Å². The Hall–Kier alpha value is -2.31. The Morgan fingerprint density at radius 1 is 1.43 bits per heavy atom. The van der Waals surface area contributed by atoms with Gasteiger partial charge in [0.2, 0.25) is 0 Å². The second kappa shape index (κ2) is 6.92. The molecule has 0 aliphatic carbocycles. The molecule has 1 saturated heterocycles. The first-order valence-electron chi connectivity index (χ1n) is 6.71. The fourth-order valence-corrected chi connectivity index (χ4v) is 2.14. The van der Waals surface area contributed by atoms with Crippen LogP contribution in [0.3, 0.4) is 0 Å². The molecule has 21 heavy (non-hydrogen) atoms. The van der Waals surface area contributed by atoms with E-state index in [1.807, 2.05) is 0 Å². The van der Waals surface area contributed by atoms with Gasteiger partial charge < -0.3 is 20.1 Å². The van der Waals surface area contributed by atoms with Crippen LogP contribution < -0.4 is 10.1 Å². The van der Waals surface area contributed by atoms with Gasteiger partial charge in [-0.15, -0.1) is 0 Å². The Bertz CT molecular complexity index is 523. The zero-order chi connectivity index (χ0) is 15.2. The highest BCUT2D eigenvalue weighted by atomic mass is 19.1. The average molecular weight is 296 g/mol. The van der Waals surface area contributed by atoms with Gasteiger partial charge >= 0.3 is 12.0 Å². The summed E-state index contributed by atoms with van der Waals surface area (Å²) in [6.07, 6.45) is 0.467. The molecule has 6 nitrogen and oxygen atoms in total. The largest absolute Gasteiger partial charge is 0.489 e. The van der Waals surface area contributed by atoms with E-state index in [4.69, 9.17) is 9.84 Å². The minimum Gasteiger partial charge on any atom is -0.489 e. The van der Waals surface area contributed by atoms with Crippen molar-refractivity contribution in [2.24, 2.45) is 5.92 Å². The monoisotopic (exact) mass is 296 g/mol. The minimum absolute atomic E-state index is 0.138. The summed E-state index contributed by atoms with van der Waals surface area (Å²) < 4.78 is 18.5. The number of carbonyl (C=O) groups is 2. The maximum Gasteiger partial charge on any atom is 0.317 e. The molecule has 1 aromatic carbocycles. The molecule has 0 spiro atoms. The number of para-hydroxylation sites is 1. The number of hydrogen-bond acceptors (Lipinski definition) is 3. The van der Waals surface area contributed by atoms with Crippen LogP contribution >= 0.6 is 0 Å². The summed E-state index contributed by atoms with van der Waals surface area (Å²) in [7, 11) is 0. The smallest absolute Gasteiger partial charge is 0.317 e. The van der Waals surface area contributed by atoms with E-state index in [0.717, 1.165) is 0 Å². The van der Waals surface area contributed by atoms with Crippen LogP contribution in [0.25, 0.3) is 0 Å². The lowest BCUT2D eigenvalue weighted by molar-refractivity contribution is -0.141. The van der Waals surface area contributed by atoms with E-state index >= 15 is 0 Å². The number of benzene rings is 1. The molecule has 1 aromatic rings. The lowest BCUT2D eigenvalue weighted by atomic mass is 10.1. The van der Waals surface area contributed by atoms with Crippen LogP contribution in [0.1, 0.15) is 6.42 Å². The van der Waals surface area contributed by atoms with Gasteiger partial charge in [0.15, 0.2) is 11.6 Å². The molecular weight excluding hydrogens is 279 g/mol. The number of nitrogens with zero attached hydrogens (tertiary/aromatic N) is 1. The minimum atomic E-state index is -0.881. The molecule has 1 atom stereocenters. The predicted octanol–water partition coefficient (Wildman–Crippen LogP) is 1.32. The van der Waals surface area contributed by atoms with E-state index in [0.29, 0.717) is 13.0 Å². The van der Waals surface area contributed by atoms with Gasteiger partial charge in [0.1, 0.15) is 6.61 Å². The maximum absolute atomic E-state index is 13.3. The highest BCUT2D eigenvalue weighted by Crippen LogP contribution is 2.16. The van der Waals surface area contributed by atoms with Gasteiger partial charge in [-0.1, -0.05) is 12.1 Å². The molecule has 114 valence electrons. The van der Waals surface area contributed by atoms with E-state index in [1.54, 1.807) is 12.1 Å². The Morgan fingerprint density at radius 3 is 2.86 bits per heavy atom. The number of carboxylic acids is 1. The summed E-state index contributed by atoms with van der Waals surface area (Å²) in [6.45, 7) is 1.01. The summed E-state index contributed by atoms with van der Waals surface area (Å²) >= 11 is 0. The van der Waals surface area contributed by atoms with Gasteiger partial charge in [-0.2, -0.15) is 0 Å². The number of ether oxygens (including phenoxy) is 1. The van der Waals surface area contributed by atoms with Gasteiger partial charge in [-0.3, -0.25) is 4.79 Å². The van der Waals surface area contributed by atoms with Crippen molar-refractivity contribution in [1.29, 1.82) is 0 Å². The molecule has 0 saturated carbocycles. The normalized spacial score (nSPS) is 17.6. The van der Waals surface area contributed by atoms with Crippen LogP contribution in [-0.4, -0.2) is 48.2 Å². The van der Waals surface area contributed by atoms with E-state index < -0.39 is 17.7 Å². The average Bonchev–Trinajstić information content (AvgIpc) is 2.95. The summed E-state index contributed by atoms with van der Waals surface area (Å²) in [5, 5.41) is 11.5. The van der Waals surface area contributed by atoms with Crippen LogP contribution in [0.4, 0.5) is 9.18 Å². The Morgan fingerprint density at radius 2 is 2.19 bits per heavy atom. The number of likely N-dealkylation sites (tertiary alicyclic amines) is 1. The molecule has 0 aromatic heterocycles. The first-order chi connectivity index (χ1) is 10.1. The molecule has 1 fully saturated rings. The molecule has 2 rings (SSSR count). The number of amides is 2. The zero-order valence-corrected chi connectivity index (χ0v) is 11.4. The molecule has 2 amide bonds. The lowest BCUT2D eigenvalue weighted by Crippen LogP contribution is -2.40. The van der Waals surface area contributed by atoms with Crippen molar-refractivity contribution in [2.75, 3.05) is 26.2 Å². The fraction of sp³-hybridized carbons (Fsp3) is 0.429. The molecule has 2 N–H and O–H groups in total. The van der Waals surface area contributed by atoms with Crippen molar-refractivity contribution in [3.8, 4) is 5.75 Å². The predicted molar refractivity (Wildman–Crippen MR) is 72.6 cm³/mol. The summed E-state index contributed by atoms with van der Waals surface area (Å²) in [4.78, 5) is 24.0. The Kier molecular flexibility index (Phi) is 4.97. The molecule has 1 aliphatic rings. The van der Waals surface area contributed by atoms with E-state index in [-0.39, 0.29) is 31.5 Å². The van der Waals surface area contributed by atoms with Crippen molar-refractivity contribution in [3.05, 3.63) is 30.1 Å². The first kappa shape index (κ1) is 15.1. The number of halogens is 1. The molecular formula is C14H17FN2O4. The van der Waals surface area contributed by atoms with Gasteiger partial charge in [0.05, 0.1) is 12.5 Å². The number of aliphatic carboxylic acids is 1. The summed E-state index contributed by atoms with van der Waals surface area (Å²) in [5.74, 6) is -1.69. The Balaban J connectivity index is 1.68. The molecule has 7 heteroatoms. The summed E-state index contributed by atoms with van der Waals surface area (Å²) in [6, 6.07) is 5.71. The summed E-state index contributed by atoms with van der Waals surface area (Å²) in [5.41, 5.74) is 0. The number of urea groups is 1. The number of carbonyl (C=O) groups excluding carboxylic acids is 1. The van der Waals surface area contributed by atoms with Gasteiger partial charge in [-0.05, 0) is 18.6 Å². The molecule has 1 aliphatic heterocycles. The van der Waals surface area contributed by atoms with Crippen molar-refractivity contribution in [1.82, 2.24) is 10.2 Å². The molecule has 1 heterocycles. The second-order valence-electron chi connectivity index (χ2n) is 4.78. The highest BCUT2D eigenvalue weighted by Gasteiger charge is 2.30. The van der Waals surface area contributed by atoms with Crippen LogP contribution in [0.2, 0.25) is 0 Å². The van der Waals surface area contributed by atoms with Crippen LogP contribution in [0.15, 0.2) is 24.3 Å². The van der Waals surface area contributed by atoms with Crippen molar-refractivity contribution in [3.63, 3.8) is 0 Å². The second-order valence-corrected chi connectivity index (χ2v) is 4.78. The number of carboxylic acid groups (broad SMARTS) is 1. The van der Waals surface area contributed by atoms with Crippen molar-refractivity contribution >= 4 is 12.0 Å². The first-order valence-corrected chi connectivity index (χ1v) is 6.71. The topological polar surface area (TPSA) is 78.9 Å². The number of rotatable bonds is 5. The zero-order valence-electron chi connectivity index (χ0n) is 11.4. The number of nitrogens with one attached hydrogen (secondary N) is 1. The molecule has 0 bridgehead atoms. The van der Waals surface area contributed by atoms with E-state index in [2.05, 4.69) is 5.32 Å². The third-order valence-electron chi connectivity index (χ3n) is 3.30. The van der Waals surface area contributed by atoms with Crippen LogP contribution in [0, 0.1) is 11.7 Å². The van der Waals surface area contributed by atoms with Crippen molar-refractivity contribution < 1.29 is 23.8 Å². The quantitative estimate of drug-likeness (QED) is 0.803. The van der Waals surface area contributed by atoms with Crippen LogP contribution in [-0.2, 0) is 4.79 Å². The lowest BCUT2D eigenvalue weighted by Gasteiger charge is -2.16. The fourth-order valence-electron chi connectivity index (χ4n) is 2.14. The van der Waals surface area contributed by atoms with Gasteiger partial charge in [0, 0.05) is 13.1 Å².